The van der Waals surface area contributed by atoms with Crippen LogP contribution in [0.1, 0.15) is 64.1 Å². The topological polar surface area (TPSA) is 484 Å². The molecular formula is C42H66N14O14. The van der Waals surface area contributed by atoms with Gasteiger partial charge in [0.25, 0.3) is 0 Å². The third-order valence-electron chi connectivity index (χ3n) is 10.2. The van der Waals surface area contributed by atoms with E-state index in [9.17, 15) is 68.7 Å². The van der Waals surface area contributed by atoms with Crippen molar-refractivity contribution < 1.29 is 68.7 Å². The summed E-state index contributed by atoms with van der Waals surface area (Å²) < 4.78 is 0. The van der Waals surface area contributed by atoms with Crippen molar-refractivity contribution in [1.29, 1.82) is 0 Å². The van der Waals surface area contributed by atoms with Crippen LogP contribution in [0.15, 0.2) is 41.8 Å². The molecule has 1 aromatic heterocycles. The van der Waals surface area contributed by atoms with E-state index in [0.29, 0.717) is 11.3 Å². The number of rotatable bonds is 31. The molecule has 0 bridgehead atoms. The second-order valence-corrected chi connectivity index (χ2v) is 16.6. The molecule has 0 saturated carbocycles. The molecule has 0 aliphatic heterocycles. The van der Waals surface area contributed by atoms with E-state index in [4.69, 9.17) is 22.9 Å². The Morgan fingerprint density at radius 1 is 0.671 bits per heavy atom. The highest BCUT2D eigenvalue weighted by molar-refractivity contribution is 5.98. The highest BCUT2D eigenvalue weighted by Crippen LogP contribution is 2.14. The fraction of sp³-hybridized carbons (Fsp3) is 0.548. The summed E-state index contributed by atoms with van der Waals surface area (Å²) in [4.78, 5) is 129. The number of H-pyrrole nitrogens is 1. The Hall–Kier alpha value is -7.43. The Labute approximate surface area is 401 Å². The number of primary amides is 1. The fourth-order valence-electron chi connectivity index (χ4n) is 6.50. The third-order valence-corrected chi connectivity index (χ3v) is 10.2. The van der Waals surface area contributed by atoms with E-state index >= 15 is 0 Å². The molecule has 0 saturated heterocycles. The van der Waals surface area contributed by atoms with Gasteiger partial charge >= 0.3 is 5.97 Å². The first-order valence-corrected chi connectivity index (χ1v) is 22.1. The summed E-state index contributed by atoms with van der Waals surface area (Å²) in [6.07, 6.45) is 0.174. The van der Waals surface area contributed by atoms with E-state index < -0.39 is 121 Å². The van der Waals surface area contributed by atoms with Crippen LogP contribution in [0, 0.1) is 5.92 Å². The summed E-state index contributed by atoms with van der Waals surface area (Å²) in [7, 11) is 0. The van der Waals surface area contributed by atoms with Crippen molar-refractivity contribution in [3.8, 4) is 5.75 Å². The number of nitrogens with zero attached hydrogens (tertiary/aromatic N) is 2. The Bertz CT molecular complexity index is 2100. The van der Waals surface area contributed by atoms with Crippen LogP contribution in [0.2, 0.25) is 0 Å². The number of amides is 8. The van der Waals surface area contributed by atoms with Crippen molar-refractivity contribution in [2.75, 3.05) is 19.8 Å². The number of aliphatic hydroxyl groups is 3. The van der Waals surface area contributed by atoms with Gasteiger partial charge in [0.2, 0.25) is 47.3 Å². The highest BCUT2D eigenvalue weighted by Gasteiger charge is 2.35. The minimum atomic E-state index is -1.82. The van der Waals surface area contributed by atoms with E-state index in [1.54, 1.807) is 13.8 Å². The number of benzene rings is 1. The quantitative estimate of drug-likeness (QED) is 0.0190. The van der Waals surface area contributed by atoms with Crippen molar-refractivity contribution in [1.82, 2.24) is 47.2 Å². The van der Waals surface area contributed by atoms with Gasteiger partial charge in [-0.1, -0.05) is 26.0 Å². The number of hydrogen-bond donors (Lipinski definition) is 17. The minimum absolute atomic E-state index is 0.00556. The number of carbonyl (C=O) groups is 9. The lowest BCUT2D eigenvalue weighted by Gasteiger charge is -2.28. The van der Waals surface area contributed by atoms with Crippen molar-refractivity contribution in [2.45, 2.75) is 120 Å². The number of guanidine groups is 1. The largest absolute Gasteiger partial charge is 0.508 e. The Kier molecular flexibility index (Phi) is 24.7. The molecule has 0 aliphatic rings. The number of carboxylic acid groups (broad SMARTS) is 1. The smallest absolute Gasteiger partial charge is 0.328 e. The monoisotopic (exact) mass is 990 g/mol. The van der Waals surface area contributed by atoms with Crippen molar-refractivity contribution in [3.63, 3.8) is 0 Å². The molecule has 1 heterocycles. The second kappa shape index (κ2) is 29.5. The SMILES string of the molecule is CC(C)C[C@H](NC(=O)[C@H](Cc1ccc(O)cc1)NC(=O)[C@H](CCC(N)=O)NC(=O)[C@@H](N)Cc1cnc[nH]1)C(=O)N[C@@H](CO)C(=O)N[C@@H](CO)C(=O)N[C@@H](CCCN=C(N)N)C(=O)N[C@H](C(=O)O)[C@@H](C)O. The molecular weight excluding hydrogens is 925 g/mol. The third kappa shape index (κ3) is 20.8. The zero-order valence-electron chi connectivity index (χ0n) is 38.9. The molecule has 28 heteroatoms. The van der Waals surface area contributed by atoms with E-state index in [1.807, 2.05) is 0 Å². The summed E-state index contributed by atoms with van der Waals surface area (Å²) in [5.74, 6) is -10.2. The highest BCUT2D eigenvalue weighted by atomic mass is 16.4. The standard InChI is InChI=1S/C42H66N14O14/c1-20(2)13-28(37(65)54-31(18-58)40(68)55-30(17-57)39(67)51-26(5-4-12-48-42(45)46)36(64)56-33(21(3)59)41(69)70)52-38(66)29(14-22-6-8-24(60)9-7-22)53-35(63)27(10-11-32(44)61)50-34(62)25(43)15-23-16-47-19-49-23/h6-9,16,19-21,25-31,33,57-60H,4-5,10-15,17-18,43H2,1-3H3,(H2,44,61)(H,47,49)(H,50,62)(H,51,67)(H,52,66)(H,53,63)(H,54,65)(H,55,68)(H,56,64)(H,69,70)(H4,45,46,48)/t21-,25+,26+,27+,28+,29+,30+,31+,33+/m1/s1. The van der Waals surface area contributed by atoms with Gasteiger partial charge in [0.1, 0.15) is 42.0 Å². The molecule has 0 spiro atoms. The van der Waals surface area contributed by atoms with Gasteiger partial charge in [0, 0.05) is 37.7 Å². The van der Waals surface area contributed by atoms with Gasteiger partial charge in [-0.25, -0.2) is 9.78 Å². The number of nitrogens with two attached hydrogens (primary N) is 4. The molecule has 0 radical (unpaired) electrons. The van der Waals surface area contributed by atoms with Crippen LogP contribution in [0.4, 0.5) is 0 Å². The molecule has 0 fully saturated rings. The zero-order valence-corrected chi connectivity index (χ0v) is 38.9. The number of phenolic OH excluding ortho intramolecular Hbond substituents is 1. The first-order valence-electron chi connectivity index (χ1n) is 22.1. The number of hydrogen-bond acceptors (Lipinski definition) is 16. The molecule has 28 nitrogen and oxygen atoms in total. The van der Waals surface area contributed by atoms with Crippen LogP contribution in [0.3, 0.4) is 0 Å². The van der Waals surface area contributed by atoms with E-state index in [-0.39, 0.29) is 69.1 Å². The average Bonchev–Trinajstić information content (AvgIpc) is 3.81. The molecule has 0 unspecified atom stereocenters. The summed E-state index contributed by atoms with van der Waals surface area (Å²) in [5, 5.41) is 65.9. The number of aromatic nitrogens is 2. The lowest BCUT2D eigenvalue weighted by Crippen LogP contribution is -2.61. The van der Waals surface area contributed by atoms with Crippen LogP contribution in [0.25, 0.3) is 0 Å². The number of phenols is 1. The van der Waals surface area contributed by atoms with Gasteiger partial charge in [0.05, 0.1) is 31.7 Å². The number of aliphatic imine (C=N–C) groups is 1. The molecule has 8 amide bonds. The Morgan fingerprint density at radius 3 is 1.66 bits per heavy atom. The molecule has 1 aromatic carbocycles. The Morgan fingerprint density at radius 2 is 1.16 bits per heavy atom. The molecule has 70 heavy (non-hydrogen) atoms. The summed E-state index contributed by atoms with van der Waals surface area (Å²) in [6.45, 7) is 2.33. The predicted molar refractivity (Wildman–Crippen MR) is 247 cm³/mol. The fourth-order valence-corrected chi connectivity index (χ4v) is 6.50. The van der Waals surface area contributed by atoms with Gasteiger partial charge in [0.15, 0.2) is 12.0 Å². The number of carbonyl (C=O) groups excluding carboxylic acids is 8. The summed E-state index contributed by atoms with van der Waals surface area (Å²) in [5.41, 5.74) is 23.0. The van der Waals surface area contributed by atoms with Gasteiger partial charge in [-0.3, -0.25) is 43.3 Å². The maximum absolute atomic E-state index is 14.1. The zero-order chi connectivity index (χ0) is 52.7. The maximum Gasteiger partial charge on any atom is 0.328 e. The number of imidazole rings is 1. The number of aliphatic carboxylic acids is 1. The molecule has 2 aromatic rings. The van der Waals surface area contributed by atoms with Crippen LogP contribution >= 0.6 is 0 Å². The maximum atomic E-state index is 14.1. The van der Waals surface area contributed by atoms with E-state index in [0.717, 1.165) is 6.92 Å². The van der Waals surface area contributed by atoms with Crippen molar-refractivity contribution in [2.24, 2.45) is 33.8 Å². The second-order valence-electron chi connectivity index (χ2n) is 16.6. The first kappa shape index (κ1) is 58.7. The van der Waals surface area contributed by atoms with Crippen LogP contribution < -0.4 is 60.2 Å². The van der Waals surface area contributed by atoms with Gasteiger partial charge < -0.3 is 90.7 Å². The number of carboxylic acids is 1. The molecule has 21 N–H and O–H groups in total. The Balaban J connectivity index is 2.33. The number of aliphatic hydroxyl groups excluding tert-OH is 3. The normalized spacial score (nSPS) is 14.9. The van der Waals surface area contributed by atoms with Gasteiger partial charge in [-0.15, -0.1) is 0 Å². The van der Waals surface area contributed by atoms with E-state index in [2.05, 4.69) is 52.2 Å². The lowest BCUT2D eigenvalue weighted by atomic mass is 10.00. The molecule has 0 aliphatic carbocycles. The number of aromatic hydroxyl groups is 1. The molecule has 2 rings (SSSR count). The first-order chi connectivity index (χ1) is 32.9. The summed E-state index contributed by atoms with van der Waals surface area (Å²) >= 11 is 0. The van der Waals surface area contributed by atoms with Gasteiger partial charge in [-0.05, 0) is 56.2 Å². The van der Waals surface area contributed by atoms with Gasteiger partial charge in [-0.2, -0.15) is 0 Å². The lowest BCUT2D eigenvalue weighted by molar-refractivity contribution is -0.145. The van der Waals surface area contributed by atoms with Crippen LogP contribution in [0.5, 0.6) is 5.75 Å². The predicted octanol–water partition coefficient (Wildman–Crippen LogP) is -6.56. The van der Waals surface area contributed by atoms with Crippen LogP contribution in [-0.2, 0) is 56.0 Å². The number of nitrogens with one attached hydrogen (secondary N) is 8. The van der Waals surface area contributed by atoms with Crippen molar-refractivity contribution in [3.05, 3.63) is 48.0 Å². The number of aromatic amines is 1. The van der Waals surface area contributed by atoms with Crippen LogP contribution in [-0.4, -0.2) is 169 Å². The molecule has 9 atom stereocenters. The summed E-state index contributed by atoms with van der Waals surface area (Å²) in [6, 6.07) is -6.92. The average molecular weight is 991 g/mol. The molecule has 388 valence electrons. The van der Waals surface area contributed by atoms with E-state index in [1.165, 1.54) is 36.8 Å². The minimum Gasteiger partial charge on any atom is -0.508 e. The van der Waals surface area contributed by atoms with Crippen molar-refractivity contribution >= 4 is 59.2 Å².